The van der Waals surface area contributed by atoms with Crippen LogP contribution in [0.3, 0.4) is 0 Å². The van der Waals surface area contributed by atoms with Crippen molar-refractivity contribution in [3.05, 3.63) is 0 Å². The molecule has 0 saturated heterocycles. The highest BCUT2D eigenvalue weighted by Crippen LogP contribution is 2.27. The molecule has 10 heteroatoms. The highest BCUT2D eigenvalue weighted by Gasteiger charge is 2.29. The Hall–Kier alpha value is -2.36. The standard InChI is InChI=1S/C19H34N4O6/c1-12(17(25)26)21-16(24)15(11-13-7-3-2-4-8-13)23-19(29)22-14(18(27)28)9-5-6-10-20/h12-15H,2-11,20H2,1H3,(H,21,24)(H,25,26)(H,27,28)(H2,22,23,29)/t12-,14+,15-/m1/s1. The number of unbranched alkanes of at least 4 members (excludes halogenated alkanes) is 1. The molecule has 0 aliphatic heterocycles. The smallest absolute Gasteiger partial charge is 0.326 e. The molecule has 1 rings (SSSR count). The lowest BCUT2D eigenvalue weighted by molar-refractivity contribution is -0.141. The number of amides is 3. The van der Waals surface area contributed by atoms with Gasteiger partial charge in [-0.15, -0.1) is 0 Å². The second-order valence-electron chi connectivity index (χ2n) is 7.65. The van der Waals surface area contributed by atoms with Crippen LogP contribution in [0.25, 0.3) is 0 Å². The molecule has 0 aromatic heterocycles. The molecule has 0 bridgehead atoms. The lowest BCUT2D eigenvalue weighted by Gasteiger charge is -2.27. The first-order valence-corrected chi connectivity index (χ1v) is 10.3. The molecule has 1 saturated carbocycles. The van der Waals surface area contributed by atoms with Gasteiger partial charge in [0.25, 0.3) is 0 Å². The van der Waals surface area contributed by atoms with Gasteiger partial charge in [0.2, 0.25) is 5.91 Å². The van der Waals surface area contributed by atoms with Crippen LogP contribution in [0.15, 0.2) is 0 Å². The van der Waals surface area contributed by atoms with Crippen LogP contribution in [-0.4, -0.2) is 58.8 Å². The Morgan fingerprint density at radius 1 is 0.931 bits per heavy atom. The summed E-state index contributed by atoms with van der Waals surface area (Å²) in [5, 5.41) is 25.6. The first-order chi connectivity index (χ1) is 13.7. The second-order valence-corrected chi connectivity index (χ2v) is 7.65. The minimum atomic E-state index is -1.18. The van der Waals surface area contributed by atoms with E-state index < -0.39 is 42.0 Å². The number of carbonyl (C=O) groups excluding carboxylic acids is 2. The molecule has 3 atom stereocenters. The van der Waals surface area contributed by atoms with Crippen molar-refractivity contribution in [2.45, 2.75) is 82.8 Å². The van der Waals surface area contributed by atoms with Crippen LogP contribution in [0.5, 0.6) is 0 Å². The van der Waals surface area contributed by atoms with E-state index in [1.54, 1.807) is 0 Å². The third kappa shape index (κ3) is 9.60. The molecular weight excluding hydrogens is 380 g/mol. The predicted octanol–water partition coefficient (Wildman–Crippen LogP) is 0.796. The topological polar surface area (TPSA) is 171 Å². The SMILES string of the molecule is C[C@@H](NC(=O)[C@@H](CC1CCCCC1)NC(=O)N[C@@H](CCCCN)C(=O)O)C(=O)O. The van der Waals surface area contributed by atoms with Crippen LogP contribution in [0.4, 0.5) is 4.79 Å². The summed E-state index contributed by atoms with van der Waals surface area (Å²) in [5.41, 5.74) is 5.41. The van der Waals surface area contributed by atoms with Gasteiger partial charge in [-0.3, -0.25) is 9.59 Å². The summed E-state index contributed by atoms with van der Waals surface area (Å²) in [7, 11) is 0. The van der Waals surface area contributed by atoms with Gasteiger partial charge in [0.15, 0.2) is 0 Å². The number of aliphatic carboxylic acids is 2. The van der Waals surface area contributed by atoms with Crippen molar-refractivity contribution in [2.75, 3.05) is 6.54 Å². The molecule has 29 heavy (non-hydrogen) atoms. The number of carbonyl (C=O) groups is 4. The number of hydrogen-bond acceptors (Lipinski definition) is 5. The number of urea groups is 1. The van der Waals surface area contributed by atoms with Crippen molar-refractivity contribution < 1.29 is 29.4 Å². The number of nitrogens with two attached hydrogens (primary N) is 1. The Morgan fingerprint density at radius 3 is 2.10 bits per heavy atom. The molecule has 1 aliphatic carbocycles. The quantitative estimate of drug-likeness (QED) is 0.256. The highest BCUT2D eigenvalue weighted by atomic mass is 16.4. The maximum absolute atomic E-state index is 12.6. The molecule has 7 N–H and O–H groups in total. The first kappa shape index (κ1) is 24.7. The summed E-state index contributed by atoms with van der Waals surface area (Å²) < 4.78 is 0. The molecule has 0 aromatic carbocycles. The number of rotatable bonds is 12. The first-order valence-electron chi connectivity index (χ1n) is 10.3. The summed E-state index contributed by atoms with van der Waals surface area (Å²) in [6.07, 6.45) is 6.95. The largest absolute Gasteiger partial charge is 0.480 e. The summed E-state index contributed by atoms with van der Waals surface area (Å²) in [6.45, 7) is 1.78. The van der Waals surface area contributed by atoms with E-state index in [2.05, 4.69) is 16.0 Å². The number of nitrogens with one attached hydrogen (secondary N) is 3. The Balaban J connectivity index is 2.74. The summed E-state index contributed by atoms with van der Waals surface area (Å²) in [6, 6.07) is -3.87. The van der Waals surface area contributed by atoms with Crippen molar-refractivity contribution in [1.29, 1.82) is 0 Å². The Morgan fingerprint density at radius 2 is 1.55 bits per heavy atom. The average molecular weight is 415 g/mol. The molecule has 1 fully saturated rings. The third-order valence-corrected chi connectivity index (χ3v) is 5.20. The van der Waals surface area contributed by atoms with Crippen molar-refractivity contribution in [3.63, 3.8) is 0 Å². The molecule has 166 valence electrons. The fraction of sp³-hybridized carbons (Fsp3) is 0.789. The molecule has 10 nitrogen and oxygen atoms in total. The van der Waals surface area contributed by atoms with Gasteiger partial charge < -0.3 is 31.9 Å². The molecule has 0 aromatic rings. The van der Waals surface area contributed by atoms with Crippen LogP contribution >= 0.6 is 0 Å². The van der Waals surface area contributed by atoms with Crippen molar-refractivity contribution in [2.24, 2.45) is 11.7 Å². The normalized spacial score (nSPS) is 17.6. The average Bonchev–Trinajstić information content (AvgIpc) is 2.67. The monoisotopic (exact) mass is 414 g/mol. The van der Waals surface area contributed by atoms with Gasteiger partial charge in [0.1, 0.15) is 18.1 Å². The van der Waals surface area contributed by atoms with Crippen LogP contribution in [-0.2, 0) is 14.4 Å². The second kappa shape index (κ2) is 13.0. The lowest BCUT2D eigenvalue weighted by Crippen LogP contribution is -2.55. The molecule has 0 radical (unpaired) electrons. The van der Waals surface area contributed by atoms with Gasteiger partial charge in [-0.25, -0.2) is 9.59 Å². The van der Waals surface area contributed by atoms with Crippen LogP contribution in [0.2, 0.25) is 0 Å². The van der Waals surface area contributed by atoms with Gasteiger partial charge in [-0.1, -0.05) is 32.1 Å². The van der Waals surface area contributed by atoms with E-state index in [1.807, 2.05) is 0 Å². The van der Waals surface area contributed by atoms with E-state index in [4.69, 9.17) is 10.8 Å². The van der Waals surface area contributed by atoms with E-state index in [9.17, 15) is 24.3 Å². The molecule has 3 amide bonds. The summed E-state index contributed by atoms with van der Waals surface area (Å²) >= 11 is 0. The fourth-order valence-electron chi connectivity index (χ4n) is 3.47. The van der Waals surface area contributed by atoms with E-state index in [0.29, 0.717) is 25.8 Å². The maximum Gasteiger partial charge on any atom is 0.326 e. The van der Waals surface area contributed by atoms with E-state index in [1.165, 1.54) is 6.92 Å². The summed E-state index contributed by atoms with van der Waals surface area (Å²) in [4.78, 5) is 47.3. The van der Waals surface area contributed by atoms with Gasteiger partial charge >= 0.3 is 18.0 Å². The fourth-order valence-corrected chi connectivity index (χ4v) is 3.47. The Kier molecular flexibility index (Phi) is 11.0. The van der Waals surface area contributed by atoms with Crippen LogP contribution < -0.4 is 21.7 Å². The van der Waals surface area contributed by atoms with Gasteiger partial charge in [0.05, 0.1) is 0 Å². The maximum atomic E-state index is 12.6. The Labute approximate surface area is 171 Å². The highest BCUT2D eigenvalue weighted by molar-refractivity contribution is 5.90. The zero-order valence-corrected chi connectivity index (χ0v) is 17.0. The van der Waals surface area contributed by atoms with Gasteiger partial charge in [0, 0.05) is 0 Å². The number of carboxylic acids is 2. The van der Waals surface area contributed by atoms with E-state index in [0.717, 1.165) is 32.1 Å². The molecule has 0 spiro atoms. The van der Waals surface area contributed by atoms with Crippen LogP contribution in [0, 0.1) is 5.92 Å². The molecule has 0 heterocycles. The number of carboxylic acid groups (broad SMARTS) is 2. The third-order valence-electron chi connectivity index (χ3n) is 5.20. The molecule has 0 unspecified atom stereocenters. The minimum Gasteiger partial charge on any atom is -0.480 e. The lowest BCUT2D eigenvalue weighted by atomic mass is 9.84. The van der Waals surface area contributed by atoms with Crippen molar-refractivity contribution in [1.82, 2.24) is 16.0 Å². The minimum absolute atomic E-state index is 0.232. The van der Waals surface area contributed by atoms with Gasteiger partial charge in [-0.2, -0.15) is 0 Å². The predicted molar refractivity (Wildman–Crippen MR) is 106 cm³/mol. The van der Waals surface area contributed by atoms with Gasteiger partial charge in [-0.05, 0) is 45.1 Å². The molecular formula is C19H34N4O6. The zero-order chi connectivity index (χ0) is 21.8. The zero-order valence-electron chi connectivity index (χ0n) is 17.0. The Bertz CT molecular complexity index is 565. The van der Waals surface area contributed by atoms with Crippen molar-refractivity contribution in [3.8, 4) is 0 Å². The van der Waals surface area contributed by atoms with E-state index >= 15 is 0 Å². The summed E-state index contributed by atoms with van der Waals surface area (Å²) in [5.74, 6) is -2.68. The molecule has 1 aliphatic rings. The van der Waals surface area contributed by atoms with E-state index in [-0.39, 0.29) is 12.3 Å². The van der Waals surface area contributed by atoms with Crippen molar-refractivity contribution >= 4 is 23.9 Å². The van der Waals surface area contributed by atoms with Crippen LogP contribution in [0.1, 0.15) is 64.7 Å². The number of hydrogen-bond donors (Lipinski definition) is 6.